The van der Waals surface area contributed by atoms with Crippen LogP contribution in [0.25, 0.3) is 0 Å². The second kappa shape index (κ2) is 10.2. The lowest BCUT2D eigenvalue weighted by atomic mass is 9.58. The summed E-state index contributed by atoms with van der Waals surface area (Å²) in [6.07, 6.45) is 1.46. The van der Waals surface area contributed by atoms with E-state index in [0.717, 1.165) is 0 Å². The minimum absolute atomic E-state index is 0.0853. The van der Waals surface area contributed by atoms with Gasteiger partial charge in [-0.2, -0.15) is 8.78 Å². The number of nitrogens with zero attached hydrogens (tertiary/aromatic N) is 3. The van der Waals surface area contributed by atoms with Gasteiger partial charge in [0, 0.05) is 6.54 Å². The number of hydrogen-bond donors (Lipinski definition) is 1. The van der Waals surface area contributed by atoms with E-state index in [2.05, 4.69) is 10.2 Å². The smallest absolute Gasteiger partial charge is 0.352 e. The predicted octanol–water partition coefficient (Wildman–Crippen LogP) is 5.40. The van der Waals surface area contributed by atoms with Crippen molar-refractivity contribution in [3.63, 3.8) is 0 Å². The molecule has 1 aliphatic carbocycles. The average Bonchev–Trinajstić information content (AvgIpc) is 3.48. The molecule has 0 spiro atoms. The summed E-state index contributed by atoms with van der Waals surface area (Å²) in [6.45, 7) is 7.72. The van der Waals surface area contributed by atoms with Crippen molar-refractivity contribution >= 4 is 17.2 Å². The van der Waals surface area contributed by atoms with Crippen LogP contribution in [0.3, 0.4) is 0 Å². The molecule has 2 heterocycles. The van der Waals surface area contributed by atoms with Crippen molar-refractivity contribution in [3.8, 4) is 17.2 Å². The van der Waals surface area contributed by atoms with Crippen LogP contribution in [-0.4, -0.2) is 58.4 Å². The molecule has 1 aliphatic heterocycles. The van der Waals surface area contributed by atoms with Gasteiger partial charge in [0.05, 0.1) is 20.3 Å². The molecule has 1 saturated heterocycles. The third-order valence-corrected chi connectivity index (χ3v) is 8.35. The zero-order valence-corrected chi connectivity index (χ0v) is 23.7. The van der Waals surface area contributed by atoms with Crippen molar-refractivity contribution in [2.45, 2.75) is 84.0 Å². The van der Waals surface area contributed by atoms with Gasteiger partial charge < -0.3 is 24.2 Å². The number of carbonyl (C=O) groups is 1. The molecule has 1 saturated carbocycles. The van der Waals surface area contributed by atoms with Crippen molar-refractivity contribution in [1.29, 1.82) is 0 Å². The number of ether oxygens (including phenoxy) is 3. The van der Waals surface area contributed by atoms with Crippen LogP contribution in [0.4, 0.5) is 8.78 Å². The van der Waals surface area contributed by atoms with Crippen molar-refractivity contribution in [2.75, 3.05) is 20.8 Å². The number of rotatable bonds is 8. The van der Waals surface area contributed by atoms with Crippen LogP contribution in [-0.2, 0) is 11.4 Å². The Hall–Kier alpha value is -2.53. The Balaban J connectivity index is 1.50. The molecule has 0 radical (unpaired) electrons. The fourth-order valence-corrected chi connectivity index (χ4v) is 7.41. The van der Waals surface area contributed by atoms with Crippen LogP contribution in [0.2, 0.25) is 0 Å². The van der Waals surface area contributed by atoms with Crippen LogP contribution in [0.1, 0.15) is 75.9 Å². The number of hydrogen-bond acceptors (Lipinski definition) is 8. The standard InChI is InChI=1S/C27H37F2N3O5S/c1-24(2)14-25(3,4)16-26(34,15-24)27(28,29)23(33)32-12-8-9-17(32)22-31-30-20(38-22)13-37-19-11-7-10-18(35-5)21(19)36-6/h7,10-11,17,34H,8-9,12-16H2,1-6H3/t17-/m0/s1. The first-order valence-electron chi connectivity index (χ1n) is 12.8. The largest absolute Gasteiger partial charge is 0.493 e. The average molecular weight is 554 g/mol. The Morgan fingerprint density at radius 2 is 1.76 bits per heavy atom. The van der Waals surface area contributed by atoms with E-state index in [1.54, 1.807) is 18.2 Å². The number of alkyl halides is 2. The summed E-state index contributed by atoms with van der Waals surface area (Å²) < 4.78 is 48.2. The van der Waals surface area contributed by atoms with Crippen molar-refractivity contribution < 1.29 is 32.9 Å². The Morgan fingerprint density at radius 3 is 2.39 bits per heavy atom. The topological polar surface area (TPSA) is 94.0 Å². The number of likely N-dealkylation sites (tertiary alicyclic amines) is 1. The predicted molar refractivity (Wildman–Crippen MR) is 139 cm³/mol. The minimum Gasteiger partial charge on any atom is -0.493 e. The summed E-state index contributed by atoms with van der Waals surface area (Å²) >= 11 is 1.22. The Bertz CT molecular complexity index is 1150. The van der Waals surface area contributed by atoms with Gasteiger partial charge >= 0.3 is 5.92 Å². The highest BCUT2D eigenvalue weighted by Crippen LogP contribution is 2.55. The van der Waals surface area contributed by atoms with Gasteiger partial charge in [-0.3, -0.25) is 4.79 Å². The molecule has 2 fully saturated rings. The third-order valence-electron chi connectivity index (χ3n) is 7.35. The van der Waals surface area contributed by atoms with Crippen molar-refractivity contribution in [3.05, 3.63) is 28.2 Å². The lowest BCUT2D eigenvalue weighted by Crippen LogP contribution is -2.62. The first-order valence-corrected chi connectivity index (χ1v) is 13.6. The Labute approximate surface area is 226 Å². The molecule has 4 rings (SSSR count). The molecule has 0 unspecified atom stereocenters. The zero-order valence-electron chi connectivity index (χ0n) is 22.8. The number of aliphatic hydroxyl groups is 1. The molecular formula is C27H37F2N3O5S. The SMILES string of the molecule is COc1cccc(OCc2nnc([C@@H]3CCCN3C(=O)C(F)(F)C3(O)CC(C)(C)CC(C)(C)C3)s2)c1OC. The maximum Gasteiger partial charge on any atom is 0.352 e. The summed E-state index contributed by atoms with van der Waals surface area (Å²) in [6, 6.07) is 4.63. The van der Waals surface area contributed by atoms with Crippen molar-refractivity contribution in [1.82, 2.24) is 15.1 Å². The summed E-state index contributed by atoms with van der Waals surface area (Å²) in [4.78, 5) is 14.5. The van der Waals surface area contributed by atoms with Crippen LogP contribution in [0.5, 0.6) is 17.2 Å². The monoisotopic (exact) mass is 553 g/mol. The lowest BCUT2D eigenvalue weighted by Gasteiger charge is -2.51. The third kappa shape index (κ3) is 5.45. The fraction of sp³-hybridized carbons (Fsp3) is 0.667. The van der Waals surface area contributed by atoms with E-state index < -0.39 is 34.3 Å². The van der Waals surface area contributed by atoms with Gasteiger partial charge in [0.1, 0.15) is 17.2 Å². The molecule has 11 heteroatoms. The molecule has 210 valence electrons. The van der Waals surface area contributed by atoms with Gasteiger partial charge in [0.2, 0.25) is 5.75 Å². The first-order chi connectivity index (χ1) is 17.7. The summed E-state index contributed by atoms with van der Waals surface area (Å²) in [5.74, 6) is -3.83. The maximum atomic E-state index is 15.8. The van der Waals surface area contributed by atoms with Gasteiger partial charge in [-0.15, -0.1) is 10.2 Å². The van der Waals surface area contributed by atoms with Crippen LogP contribution in [0.15, 0.2) is 18.2 Å². The van der Waals surface area contributed by atoms with Crippen LogP contribution in [0, 0.1) is 10.8 Å². The lowest BCUT2D eigenvalue weighted by molar-refractivity contribution is -0.231. The van der Waals surface area contributed by atoms with E-state index in [4.69, 9.17) is 14.2 Å². The number of methoxy groups -OCH3 is 2. The molecule has 1 aromatic carbocycles. The van der Waals surface area contributed by atoms with Gasteiger partial charge in [0.15, 0.2) is 16.5 Å². The molecule has 2 aromatic rings. The highest BCUT2D eigenvalue weighted by atomic mass is 32.1. The van der Waals surface area contributed by atoms with E-state index in [1.807, 2.05) is 27.7 Å². The molecular weight excluding hydrogens is 516 g/mol. The van der Waals surface area contributed by atoms with Gasteiger partial charge in [-0.1, -0.05) is 45.1 Å². The summed E-state index contributed by atoms with van der Waals surface area (Å²) in [5, 5.41) is 20.6. The molecule has 38 heavy (non-hydrogen) atoms. The highest BCUT2D eigenvalue weighted by Gasteiger charge is 2.65. The second-order valence-electron chi connectivity index (χ2n) is 11.9. The zero-order chi connectivity index (χ0) is 27.9. The van der Waals surface area contributed by atoms with Crippen molar-refractivity contribution in [2.24, 2.45) is 10.8 Å². The number of halogens is 2. The number of benzene rings is 1. The molecule has 1 amide bonds. The number of amides is 1. The van der Waals surface area contributed by atoms with E-state index in [9.17, 15) is 9.90 Å². The molecule has 1 N–H and O–H groups in total. The van der Waals surface area contributed by atoms with Crippen LogP contribution >= 0.6 is 11.3 Å². The minimum atomic E-state index is -3.93. The molecule has 0 bridgehead atoms. The van der Waals surface area contributed by atoms with E-state index in [0.29, 0.717) is 46.5 Å². The quantitative estimate of drug-likeness (QED) is 0.468. The maximum absolute atomic E-state index is 15.8. The van der Waals surface area contributed by atoms with E-state index >= 15 is 8.78 Å². The van der Waals surface area contributed by atoms with Gasteiger partial charge in [0.25, 0.3) is 5.91 Å². The van der Waals surface area contributed by atoms with Gasteiger partial charge in [-0.25, -0.2) is 0 Å². The Morgan fingerprint density at radius 1 is 1.11 bits per heavy atom. The summed E-state index contributed by atoms with van der Waals surface area (Å²) in [5.41, 5.74) is -3.47. The number of para-hydroxylation sites is 1. The number of aromatic nitrogens is 2. The van der Waals surface area contributed by atoms with Gasteiger partial charge in [-0.05, 0) is 55.1 Å². The Kier molecular flexibility index (Phi) is 7.66. The molecule has 1 atom stereocenters. The normalized spacial score (nSPS) is 22.2. The highest BCUT2D eigenvalue weighted by molar-refractivity contribution is 7.11. The van der Waals surface area contributed by atoms with E-state index in [1.165, 1.54) is 30.5 Å². The molecule has 2 aliphatic rings. The van der Waals surface area contributed by atoms with Crippen LogP contribution < -0.4 is 14.2 Å². The van der Waals surface area contributed by atoms with E-state index in [-0.39, 0.29) is 26.0 Å². The summed E-state index contributed by atoms with van der Waals surface area (Å²) in [7, 11) is 3.05. The fourth-order valence-electron chi connectivity index (χ4n) is 6.50. The second-order valence-corrected chi connectivity index (χ2v) is 13.0. The molecule has 8 nitrogen and oxygen atoms in total. The number of carbonyl (C=O) groups excluding carboxylic acids is 1. The first kappa shape index (κ1) is 28.5. The molecule has 1 aromatic heterocycles.